The van der Waals surface area contributed by atoms with Crippen LogP contribution in [-0.2, 0) is 0 Å². The molecule has 0 aliphatic carbocycles. The number of benzene rings is 1. The minimum Gasteiger partial charge on any atom is -0.490 e. The molecule has 1 aromatic carbocycles. The van der Waals surface area contributed by atoms with Gasteiger partial charge in [0.15, 0.2) is 0 Å². The van der Waals surface area contributed by atoms with Crippen molar-refractivity contribution in [3.05, 3.63) is 57.8 Å². The van der Waals surface area contributed by atoms with Crippen LogP contribution in [-0.4, -0.2) is 34.1 Å². The molecule has 6 nitrogen and oxygen atoms in total. The van der Waals surface area contributed by atoms with Gasteiger partial charge in [-0.25, -0.2) is 4.98 Å². The van der Waals surface area contributed by atoms with Crippen molar-refractivity contribution in [2.24, 2.45) is 0 Å². The Morgan fingerprint density at radius 1 is 1.36 bits per heavy atom. The summed E-state index contributed by atoms with van der Waals surface area (Å²) in [6.45, 7) is 5.65. The predicted octanol–water partition coefficient (Wildman–Crippen LogP) is 2.55. The third-order valence-electron chi connectivity index (χ3n) is 4.57. The largest absolute Gasteiger partial charge is 0.490 e. The molecule has 1 aliphatic heterocycles. The number of H-pyrrole nitrogens is 1. The second-order valence-electron chi connectivity index (χ2n) is 6.44. The molecule has 2 aromatic rings. The molecule has 1 aliphatic rings. The van der Waals surface area contributed by atoms with E-state index in [4.69, 9.17) is 10.00 Å². The summed E-state index contributed by atoms with van der Waals surface area (Å²) in [6, 6.07) is 11.0. The van der Waals surface area contributed by atoms with Gasteiger partial charge in [0.2, 0.25) is 0 Å². The highest BCUT2D eigenvalue weighted by Crippen LogP contribution is 2.24. The Morgan fingerprint density at radius 3 is 2.80 bits per heavy atom. The number of hydrogen-bond donors (Lipinski definition) is 1. The van der Waals surface area contributed by atoms with Gasteiger partial charge in [-0.1, -0.05) is 6.07 Å². The number of aryl methyl sites for hydroxylation is 1. The standard InChI is InChI=1S/C19H22N4O2/c1-13-10-18(24)22-19(21-13)14(2)23-8-6-16(7-9-23)25-17-5-3-4-15(11-17)12-20/h3-5,10-11,14,16H,6-9H2,1-2H3,(H,21,22,24)/t14-/m1/s1. The summed E-state index contributed by atoms with van der Waals surface area (Å²) >= 11 is 0. The lowest BCUT2D eigenvalue weighted by Crippen LogP contribution is -2.40. The summed E-state index contributed by atoms with van der Waals surface area (Å²) in [7, 11) is 0. The van der Waals surface area contributed by atoms with Crippen molar-refractivity contribution >= 4 is 0 Å². The van der Waals surface area contributed by atoms with Crippen LogP contribution in [0, 0.1) is 18.3 Å². The Hall–Kier alpha value is -2.65. The molecule has 0 unspecified atom stereocenters. The minimum absolute atomic E-state index is 0.0652. The van der Waals surface area contributed by atoms with E-state index in [9.17, 15) is 4.79 Å². The Kier molecular flexibility index (Phi) is 5.15. The van der Waals surface area contributed by atoms with Crippen LogP contribution in [0.25, 0.3) is 0 Å². The Labute approximate surface area is 147 Å². The zero-order chi connectivity index (χ0) is 17.8. The molecule has 1 atom stereocenters. The summed E-state index contributed by atoms with van der Waals surface area (Å²) < 4.78 is 6.02. The molecule has 130 valence electrons. The van der Waals surface area contributed by atoms with Crippen LogP contribution in [0.2, 0.25) is 0 Å². The predicted molar refractivity (Wildman–Crippen MR) is 94.4 cm³/mol. The summed E-state index contributed by atoms with van der Waals surface area (Å²) in [5, 5.41) is 8.97. The molecule has 1 aromatic heterocycles. The van der Waals surface area contributed by atoms with Crippen molar-refractivity contribution in [3.63, 3.8) is 0 Å². The number of nitrogens with one attached hydrogen (secondary N) is 1. The summed E-state index contributed by atoms with van der Waals surface area (Å²) in [5.74, 6) is 1.46. The number of likely N-dealkylation sites (tertiary alicyclic amines) is 1. The first-order valence-electron chi connectivity index (χ1n) is 8.54. The van der Waals surface area contributed by atoms with E-state index in [0.717, 1.165) is 37.4 Å². The van der Waals surface area contributed by atoms with E-state index in [0.29, 0.717) is 11.4 Å². The number of nitrogens with zero attached hydrogens (tertiary/aromatic N) is 3. The molecule has 0 amide bonds. The summed E-state index contributed by atoms with van der Waals surface area (Å²) in [5.41, 5.74) is 1.24. The number of hydrogen-bond acceptors (Lipinski definition) is 5. The number of nitriles is 1. The minimum atomic E-state index is -0.107. The highest BCUT2D eigenvalue weighted by atomic mass is 16.5. The maximum atomic E-state index is 11.6. The molecular weight excluding hydrogens is 316 g/mol. The third-order valence-corrected chi connectivity index (χ3v) is 4.57. The van der Waals surface area contributed by atoms with Gasteiger partial charge >= 0.3 is 0 Å². The van der Waals surface area contributed by atoms with Crippen LogP contribution < -0.4 is 10.3 Å². The first-order valence-corrected chi connectivity index (χ1v) is 8.54. The number of aromatic amines is 1. The van der Waals surface area contributed by atoms with Gasteiger partial charge < -0.3 is 9.72 Å². The van der Waals surface area contributed by atoms with E-state index in [1.165, 1.54) is 6.07 Å². The molecule has 0 saturated carbocycles. The average Bonchev–Trinajstić information content (AvgIpc) is 2.61. The fraction of sp³-hybridized carbons (Fsp3) is 0.421. The highest BCUT2D eigenvalue weighted by Gasteiger charge is 2.25. The van der Waals surface area contributed by atoms with Crippen molar-refractivity contribution in [1.82, 2.24) is 14.9 Å². The molecule has 1 fully saturated rings. The summed E-state index contributed by atoms with van der Waals surface area (Å²) in [6.07, 6.45) is 1.94. The van der Waals surface area contributed by atoms with Crippen LogP contribution in [0.1, 0.15) is 42.9 Å². The molecule has 1 N–H and O–H groups in total. The third kappa shape index (κ3) is 4.25. The van der Waals surface area contributed by atoms with Gasteiger partial charge in [0.1, 0.15) is 17.7 Å². The number of ether oxygens (including phenoxy) is 1. The number of rotatable bonds is 4. The van der Waals surface area contributed by atoms with Gasteiger partial charge in [-0.05, 0) is 44.9 Å². The SMILES string of the molecule is Cc1cc(=O)[nH]c([C@@H](C)N2CCC(Oc3cccc(C#N)c3)CC2)n1. The van der Waals surface area contributed by atoms with Crippen molar-refractivity contribution < 1.29 is 4.74 Å². The van der Waals surface area contributed by atoms with Gasteiger partial charge in [0, 0.05) is 24.8 Å². The zero-order valence-corrected chi connectivity index (χ0v) is 14.5. The summed E-state index contributed by atoms with van der Waals surface area (Å²) in [4.78, 5) is 21.3. The van der Waals surface area contributed by atoms with E-state index in [-0.39, 0.29) is 17.7 Å². The van der Waals surface area contributed by atoms with Crippen LogP contribution in [0.5, 0.6) is 5.75 Å². The molecular formula is C19H22N4O2. The monoisotopic (exact) mass is 338 g/mol. The van der Waals surface area contributed by atoms with Gasteiger partial charge in [0.25, 0.3) is 5.56 Å². The van der Waals surface area contributed by atoms with Gasteiger partial charge in [-0.2, -0.15) is 5.26 Å². The molecule has 3 rings (SSSR count). The fourth-order valence-corrected chi connectivity index (χ4v) is 3.19. The Balaban J connectivity index is 1.59. The molecule has 6 heteroatoms. The van der Waals surface area contributed by atoms with Crippen molar-refractivity contribution in [1.29, 1.82) is 5.26 Å². The second kappa shape index (κ2) is 7.49. The van der Waals surface area contributed by atoms with Crippen LogP contribution in [0.15, 0.2) is 35.1 Å². The lowest BCUT2D eigenvalue weighted by molar-refractivity contribution is 0.0773. The van der Waals surface area contributed by atoms with Crippen molar-refractivity contribution in [2.75, 3.05) is 13.1 Å². The first kappa shape index (κ1) is 17.2. The van der Waals surface area contributed by atoms with Gasteiger partial charge in [-0.3, -0.25) is 9.69 Å². The maximum Gasteiger partial charge on any atom is 0.251 e. The Bertz CT molecular complexity index is 832. The molecule has 0 spiro atoms. The zero-order valence-electron chi connectivity index (χ0n) is 14.5. The normalized spacial score (nSPS) is 17.0. The first-order chi connectivity index (χ1) is 12.0. The van der Waals surface area contributed by atoms with E-state index >= 15 is 0 Å². The van der Waals surface area contributed by atoms with Crippen LogP contribution >= 0.6 is 0 Å². The smallest absolute Gasteiger partial charge is 0.251 e. The number of piperidine rings is 1. The van der Waals surface area contributed by atoms with Gasteiger partial charge in [0.05, 0.1) is 17.7 Å². The molecule has 25 heavy (non-hydrogen) atoms. The van der Waals surface area contributed by atoms with E-state index in [2.05, 4.69) is 27.9 Å². The van der Waals surface area contributed by atoms with Crippen LogP contribution in [0.3, 0.4) is 0 Å². The second-order valence-corrected chi connectivity index (χ2v) is 6.44. The topological polar surface area (TPSA) is 82.0 Å². The van der Waals surface area contributed by atoms with Crippen LogP contribution in [0.4, 0.5) is 0 Å². The van der Waals surface area contributed by atoms with E-state index in [1.807, 2.05) is 19.1 Å². The van der Waals surface area contributed by atoms with E-state index < -0.39 is 0 Å². The highest BCUT2D eigenvalue weighted by molar-refractivity contribution is 5.36. The van der Waals surface area contributed by atoms with Gasteiger partial charge in [-0.15, -0.1) is 0 Å². The lowest BCUT2D eigenvalue weighted by Gasteiger charge is -2.35. The van der Waals surface area contributed by atoms with Crippen molar-refractivity contribution in [3.8, 4) is 11.8 Å². The molecule has 0 bridgehead atoms. The average molecular weight is 338 g/mol. The maximum absolute atomic E-state index is 11.6. The fourth-order valence-electron chi connectivity index (χ4n) is 3.19. The lowest BCUT2D eigenvalue weighted by atomic mass is 10.1. The molecule has 0 radical (unpaired) electrons. The number of aromatic nitrogens is 2. The molecule has 2 heterocycles. The van der Waals surface area contributed by atoms with E-state index in [1.54, 1.807) is 12.1 Å². The quantitative estimate of drug-likeness (QED) is 0.926. The molecule has 1 saturated heterocycles. The Morgan fingerprint density at radius 2 is 2.12 bits per heavy atom. The van der Waals surface area contributed by atoms with Crippen molar-refractivity contribution in [2.45, 2.75) is 38.8 Å².